The van der Waals surface area contributed by atoms with Crippen molar-refractivity contribution in [2.24, 2.45) is 5.92 Å². The van der Waals surface area contributed by atoms with Gasteiger partial charge in [-0.1, -0.05) is 26.0 Å². The topological polar surface area (TPSA) is 34.1 Å². The Morgan fingerprint density at radius 2 is 2.05 bits per heavy atom. The molecule has 4 heteroatoms. The highest BCUT2D eigenvalue weighted by Gasteiger charge is 2.04. The first-order valence-electron chi connectivity index (χ1n) is 7.13. The summed E-state index contributed by atoms with van der Waals surface area (Å²) >= 11 is 3.39. The van der Waals surface area contributed by atoms with E-state index in [-0.39, 0.29) is 0 Å². The summed E-state index contributed by atoms with van der Waals surface area (Å²) in [6, 6.07) is 8.18. The highest BCUT2D eigenvalue weighted by molar-refractivity contribution is 9.10. The van der Waals surface area contributed by atoms with E-state index < -0.39 is 0 Å². The smallest absolute Gasteiger partial charge is 0.146 e. The summed E-state index contributed by atoms with van der Waals surface area (Å²) in [6.45, 7) is 8.40. The Balaban J connectivity index is 2.02. The molecule has 0 aliphatic rings. The average molecular weight is 349 g/mol. The van der Waals surface area contributed by atoms with Crippen molar-refractivity contribution in [3.05, 3.63) is 52.3 Å². The van der Waals surface area contributed by atoms with Gasteiger partial charge in [0.2, 0.25) is 0 Å². The first kappa shape index (κ1) is 16.0. The number of halogens is 1. The second-order valence-electron chi connectivity index (χ2n) is 5.57. The van der Waals surface area contributed by atoms with Crippen LogP contribution in [0.4, 0.5) is 0 Å². The number of ether oxygens (including phenoxy) is 1. The summed E-state index contributed by atoms with van der Waals surface area (Å²) in [5.74, 6) is 2.26. The minimum atomic E-state index is 0.665. The highest BCUT2D eigenvalue weighted by atomic mass is 79.9. The Morgan fingerprint density at radius 1 is 1.24 bits per heavy atom. The van der Waals surface area contributed by atoms with Crippen molar-refractivity contribution in [2.45, 2.75) is 27.3 Å². The van der Waals surface area contributed by atoms with Crippen LogP contribution in [0.1, 0.15) is 25.0 Å². The van der Waals surface area contributed by atoms with Crippen LogP contribution in [0.15, 0.2) is 41.1 Å². The molecule has 0 saturated heterocycles. The van der Waals surface area contributed by atoms with Gasteiger partial charge in [0.25, 0.3) is 0 Å². The average Bonchev–Trinajstić information content (AvgIpc) is 2.41. The third kappa shape index (κ3) is 5.14. The number of hydrogen-bond acceptors (Lipinski definition) is 3. The zero-order valence-corrected chi connectivity index (χ0v) is 14.3. The van der Waals surface area contributed by atoms with E-state index in [0.717, 1.165) is 34.6 Å². The first-order chi connectivity index (χ1) is 10.0. The number of aromatic nitrogens is 1. The van der Waals surface area contributed by atoms with E-state index in [0.29, 0.717) is 5.92 Å². The van der Waals surface area contributed by atoms with Crippen molar-refractivity contribution in [3.63, 3.8) is 0 Å². The van der Waals surface area contributed by atoms with Gasteiger partial charge in [0, 0.05) is 17.2 Å². The number of aryl methyl sites for hydroxylation is 1. The fourth-order valence-corrected chi connectivity index (χ4v) is 2.36. The Hall–Kier alpha value is -1.39. The van der Waals surface area contributed by atoms with Crippen LogP contribution in [0.2, 0.25) is 0 Å². The summed E-state index contributed by atoms with van der Waals surface area (Å²) < 4.78 is 6.78. The van der Waals surface area contributed by atoms with Crippen LogP contribution in [0, 0.1) is 12.8 Å². The second-order valence-corrected chi connectivity index (χ2v) is 6.48. The highest BCUT2D eigenvalue weighted by Crippen LogP contribution is 2.26. The normalized spacial score (nSPS) is 10.9. The molecule has 1 aromatic carbocycles. The van der Waals surface area contributed by atoms with Crippen LogP contribution in [0.5, 0.6) is 11.5 Å². The fourth-order valence-electron chi connectivity index (χ4n) is 2.02. The lowest BCUT2D eigenvalue weighted by Crippen LogP contribution is -2.18. The van der Waals surface area contributed by atoms with E-state index >= 15 is 0 Å². The maximum absolute atomic E-state index is 5.87. The third-order valence-corrected chi connectivity index (χ3v) is 3.46. The van der Waals surface area contributed by atoms with Gasteiger partial charge in [0.05, 0.1) is 6.20 Å². The van der Waals surface area contributed by atoms with Gasteiger partial charge < -0.3 is 10.1 Å². The molecule has 2 aromatic rings. The molecule has 112 valence electrons. The molecule has 1 heterocycles. The Labute approximate surface area is 134 Å². The Kier molecular flexibility index (Phi) is 5.76. The van der Waals surface area contributed by atoms with Crippen molar-refractivity contribution < 1.29 is 4.74 Å². The minimum Gasteiger partial charge on any atom is -0.455 e. The zero-order valence-electron chi connectivity index (χ0n) is 12.7. The summed E-state index contributed by atoms with van der Waals surface area (Å²) in [5.41, 5.74) is 2.40. The van der Waals surface area contributed by atoms with Crippen LogP contribution < -0.4 is 10.1 Å². The van der Waals surface area contributed by atoms with Gasteiger partial charge >= 0.3 is 0 Å². The summed E-state index contributed by atoms with van der Waals surface area (Å²) in [4.78, 5) is 4.10. The molecule has 0 saturated carbocycles. The van der Waals surface area contributed by atoms with Gasteiger partial charge in [-0.3, -0.25) is 4.98 Å². The van der Waals surface area contributed by atoms with Gasteiger partial charge in [-0.25, -0.2) is 0 Å². The van der Waals surface area contributed by atoms with E-state index in [1.807, 2.05) is 12.1 Å². The Morgan fingerprint density at radius 3 is 2.71 bits per heavy atom. The molecule has 1 N–H and O–H groups in total. The van der Waals surface area contributed by atoms with Crippen LogP contribution >= 0.6 is 15.9 Å². The number of benzene rings is 1. The molecule has 0 unspecified atom stereocenters. The van der Waals surface area contributed by atoms with Gasteiger partial charge in [-0.15, -0.1) is 0 Å². The molecule has 0 fully saturated rings. The van der Waals surface area contributed by atoms with Crippen molar-refractivity contribution >= 4 is 15.9 Å². The summed E-state index contributed by atoms with van der Waals surface area (Å²) in [6.07, 6.45) is 3.45. The fraction of sp³-hybridized carbons (Fsp3) is 0.353. The first-order valence-corrected chi connectivity index (χ1v) is 7.92. The maximum atomic E-state index is 5.87. The lowest BCUT2D eigenvalue weighted by molar-refractivity contribution is 0.475. The number of hydrogen-bond donors (Lipinski definition) is 1. The van der Waals surface area contributed by atoms with E-state index in [2.05, 4.69) is 59.1 Å². The molecule has 0 bridgehead atoms. The van der Waals surface area contributed by atoms with Crippen LogP contribution in [0.3, 0.4) is 0 Å². The van der Waals surface area contributed by atoms with Crippen molar-refractivity contribution in [1.29, 1.82) is 0 Å². The summed E-state index contributed by atoms with van der Waals surface area (Å²) in [7, 11) is 0. The number of nitrogens with one attached hydrogen (secondary N) is 1. The molecule has 0 spiro atoms. The molecule has 0 amide bonds. The molecule has 21 heavy (non-hydrogen) atoms. The molecular weight excluding hydrogens is 328 g/mol. The summed E-state index contributed by atoms with van der Waals surface area (Å²) in [5, 5.41) is 3.45. The third-order valence-electron chi connectivity index (χ3n) is 3.03. The second kappa shape index (κ2) is 7.57. The van der Waals surface area contributed by atoms with Crippen LogP contribution in [0.25, 0.3) is 0 Å². The number of pyridine rings is 1. The molecule has 3 nitrogen and oxygen atoms in total. The molecule has 0 aliphatic carbocycles. The molecule has 2 rings (SSSR count). The van der Waals surface area contributed by atoms with E-state index in [1.54, 1.807) is 12.4 Å². The van der Waals surface area contributed by atoms with Crippen molar-refractivity contribution in [3.8, 4) is 11.5 Å². The lowest BCUT2D eigenvalue weighted by atomic mass is 10.1. The minimum absolute atomic E-state index is 0.665. The monoisotopic (exact) mass is 348 g/mol. The van der Waals surface area contributed by atoms with Gasteiger partial charge in [-0.2, -0.15) is 0 Å². The molecule has 0 radical (unpaired) electrons. The van der Waals surface area contributed by atoms with E-state index in [1.165, 1.54) is 5.56 Å². The van der Waals surface area contributed by atoms with Crippen LogP contribution in [-0.2, 0) is 6.54 Å². The molecule has 0 atom stereocenters. The van der Waals surface area contributed by atoms with E-state index in [9.17, 15) is 0 Å². The number of rotatable bonds is 6. The largest absolute Gasteiger partial charge is 0.455 e. The van der Waals surface area contributed by atoms with Gasteiger partial charge in [0.15, 0.2) is 0 Å². The van der Waals surface area contributed by atoms with Crippen molar-refractivity contribution in [1.82, 2.24) is 10.3 Å². The maximum Gasteiger partial charge on any atom is 0.146 e. The van der Waals surface area contributed by atoms with E-state index in [4.69, 9.17) is 4.74 Å². The predicted octanol–water partition coefficient (Wildman–Crippen LogP) is 4.69. The quantitative estimate of drug-likeness (QED) is 0.822. The predicted molar refractivity (Wildman–Crippen MR) is 89.7 cm³/mol. The SMILES string of the molecule is Cc1cc(CNCC(C)C)ccc1Oc1cncc(Br)c1. The van der Waals surface area contributed by atoms with Gasteiger partial charge in [-0.05, 0) is 58.6 Å². The number of nitrogens with zero attached hydrogens (tertiary/aromatic N) is 1. The Bertz CT molecular complexity index is 599. The molecule has 1 aromatic heterocycles. The zero-order chi connectivity index (χ0) is 15.2. The van der Waals surface area contributed by atoms with Gasteiger partial charge in [0.1, 0.15) is 11.5 Å². The van der Waals surface area contributed by atoms with Crippen LogP contribution in [-0.4, -0.2) is 11.5 Å². The standard InChI is InChI=1S/C17H21BrN2O/c1-12(2)8-19-9-14-4-5-17(13(3)6-14)21-16-7-15(18)10-20-11-16/h4-7,10-12,19H,8-9H2,1-3H3. The molecule has 0 aliphatic heterocycles. The lowest BCUT2D eigenvalue weighted by Gasteiger charge is -2.11. The van der Waals surface area contributed by atoms with Crippen molar-refractivity contribution in [2.75, 3.05) is 6.54 Å². The molecular formula is C17H21BrN2O.